The molecule has 1 amide bonds. The first-order valence-corrected chi connectivity index (χ1v) is 8.86. The third-order valence-electron chi connectivity index (χ3n) is 5.63. The summed E-state index contributed by atoms with van der Waals surface area (Å²) in [4.78, 5) is 12.8. The summed E-state index contributed by atoms with van der Waals surface area (Å²) in [5.41, 5.74) is 2.79. The highest BCUT2D eigenvalue weighted by atomic mass is 16.5. The Kier molecular flexibility index (Phi) is 4.47. The van der Waals surface area contributed by atoms with Crippen molar-refractivity contribution < 1.29 is 14.6 Å². The molecule has 2 atom stereocenters. The second-order valence-electron chi connectivity index (χ2n) is 7.38. The molecule has 24 heavy (non-hydrogen) atoms. The quantitative estimate of drug-likeness (QED) is 0.777. The smallest absolute Gasteiger partial charge is 0.264 e. The number of aromatic hydroxyl groups is 1. The molecule has 1 aromatic carbocycles. The van der Waals surface area contributed by atoms with Crippen molar-refractivity contribution in [3.63, 3.8) is 0 Å². The van der Waals surface area contributed by atoms with Crippen LogP contribution in [-0.2, 0) is 11.2 Å². The summed E-state index contributed by atoms with van der Waals surface area (Å²) in [7, 11) is 0. The Morgan fingerprint density at radius 2 is 2.04 bits per heavy atom. The maximum Gasteiger partial charge on any atom is 0.264 e. The minimum absolute atomic E-state index is 0.0374. The van der Waals surface area contributed by atoms with Crippen molar-refractivity contribution in [1.29, 1.82) is 0 Å². The van der Waals surface area contributed by atoms with E-state index < -0.39 is 5.60 Å². The van der Waals surface area contributed by atoms with Gasteiger partial charge in [-0.25, -0.2) is 0 Å². The summed E-state index contributed by atoms with van der Waals surface area (Å²) in [5.74, 6) is 1.08. The summed E-state index contributed by atoms with van der Waals surface area (Å²) in [5, 5.41) is 16.7. The fourth-order valence-corrected chi connectivity index (χ4v) is 3.72. The number of hydrogen-bond donors (Lipinski definition) is 3. The van der Waals surface area contributed by atoms with Crippen LogP contribution in [0.5, 0.6) is 11.5 Å². The normalized spacial score (nSPS) is 26.4. The molecule has 5 nitrogen and oxygen atoms in total. The second-order valence-corrected chi connectivity index (χ2v) is 7.38. The lowest BCUT2D eigenvalue weighted by atomic mass is 9.86. The maximum absolute atomic E-state index is 12.8. The molecule has 0 bridgehead atoms. The molecule has 0 radical (unpaired) electrons. The van der Waals surface area contributed by atoms with Gasteiger partial charge >= 0.3 is 0 Å². The minimum Gasteiger partial charge on any atom is -0.507 e. The molecule has 0 spiro atoms. The number of hydrogen-bond acceptors (Lipinski definition) is 4. The Bertz CT molecular complexity index is 665. The molecule has 3 N–H and O–H groups in total. The third-order valence-corrected chi connectivity index (χ3v) is 5.63. The molecule has 1 fully saturated rings. The molecule has 5 heteroatoms. The molecular formula is C19H28N2O3. The highest BCUT2D eigenvalue weighted by Gasteiger charge is 2.41. The van der Waals surface area contributed by atoms with E-state index in [-0.39, 0.29) is 11.9 Å². The van der Waals surface area contributed by atoms with E-state index in [1.54, 1.807) is 0 Å². The maximum atomic E-state index is 12.8. The van der Waals surface area contributed by atoms with Crippen molar-refractivity contribution in [2.75, 3.05) is 13.1 Å². The van der Waals surface area contributed by atoms with Gasteiger partial charge in [0.1, 0.15) is 11.5 Å². The number of nitrogens with one attached hydrogen (secondary N) is 2. The number of fused-ring (bicyclic) bond motifs is 1. The Labute approximate surface area is 143 Å². The van der Waals surface area contributed by atoms with Gasteiger partial charge in [0, 0.05) is 24.6 Å². The number of benzene rings is 1. The summed E-state index contributed by atoms with van der Waals surface area (Å²) >= 11 is 0. The Balaban J connectivity index is 1.84. The monoisotopic (exact) mass is 332 g/mol. The van der Waals surface area contributed by atoms with Crippen LogP contribution in [0.1, 0.15) is 48.4 Å². The van der Waals surface area contributed by atoms with Crippen molar-refractivity contribution >= 4 is 5.91 Å². The summed E-state index contributed by atoms with van der Waals surface area (Å²) in [6, 6.07) is 0.178. The zero-order valence-electron chi connectivity index (χ0n) is 15.1. The zero-order chi connectivity index (χ0) is 17.5. The zero-order valence-corrected chi connectivity index (χ0v) is 15.1. The predicted molar refractivity (Wildman–Crippen MR) is 93.7 cm³/mol. The van der Waals surface area contributed by atoms with E-state index in [0.29, 0.717) is 12.2 Å². The average Bonchev–Trinajstić information content (AvgIpc) is 2.59. The van der Waals surface area contributed by atoms with E-state index in [9.17, 15) is 9.90 Å². The van der Waals surface area contributed by atoms with Crippen molar-refractivity contribution in [2.45, 2.75) is 65.0 Å². The topological polar surface area (TPSA) is 70.6 Å². The first-order chi connectivity index (χ1) is 11.3. The molecule has 1 saturated heterocycles. The number of ether oxygens (including phenoxy) is 1. The van der Waals surface area contributed by atoms with Crippen LogP contribution >= 0.6 is 0 Å². The van der Waals surface area contributed by atoms with Crippen molar-refractivity contribution in [2.24, 2.45) is 0 Å². The second kappa shape index (κ2) is 6.28. The van der Waals surface area contributed by atoms with Crippen LogP contribution in [0.4, 0.5) is 0 Å². The fraction of sp³-hybridized carbons (Fsp3) is 0.632. The fourth-order valence-electron chi connectivity index (χ4n) is 3.72. The van der Waals surface area contributed by atoms with E-state index in [0.717, 1.165) is 60.4 Å². The molecule has 3 rings (SSSR count). The number of rotatable bonds is 2. The van der Waals surface area contributed by atoms with Gasteiger partial charge < -0.3 is 20.5 Å². The first kappa shape index (κ1) is 17.1. The molecule has 0 aliphatic carbocycles. The number of phenolic OH excluding ortho intramolecular Hbond substituents is 1. The van der Waals surface area contributed by atoms with E-state index in [1.807, 2.05) is 27.7 Å². The highest BCUT2D eigenvalue weighted by Crippen LogP contribution is 2.43. The van der Waals surface area contributed by atoms with Crippen molar-refractivity contribution in [3.8, 4) is 11.5 Å². The number of amides is 1. The molecule has 0 aromatic heterocycles. The molecule has 1 aromatic rings. The van der Waals surface area contributed by atoms with Gasteiger partial charge in [0.15, 0.2) is 5.60 Å². The molecule has 2 aliphatic heterocycles. The highest BCUT2D eigenvalue weighted by molar-refractivity contribution is 5.86. The van der Waals surface area contributed by atoms with Gasteiger partial charge in [-0.2, -0.15) is 0 Å². The van der Waals surface area contributed by atoms with E-state index in [2.05, 4.69) is 10.6 Å². The molecule has 0 saturated carbocycles. The van der Waals surface area contributed by atoms with Crippen molar-refractivity contribution in [1.82, 2.24) is 10.6 Å². The Morgan fingerprint density at radius 3 is 2.71 bits per heavy atom. The lowest BCUT2D eigenvalue weighted by molar-refractivity contribution is -0.137. The van der Waals surface area contributed by atoms with Crippen LogP contribution in [-0.4, -0.2) is 35.7 Å². The summed E-state index contributed by atoms with van der Waals surface area (Å²) in [6.45, 7) is 9.47. The Hall–Kier alpha value is -1.75. The molecule has 2 heterocycles. The van der Waals surface area contributed by atoms with Gasteiger partial charge in [-0.3, -0.25) is 4.79 Å². The van der Waals surface area contributed by atoms with Crippen LogP contribution in [0.3, 0.4) is 0 Å². The molecule has 0 unspecified atom stereocenters. The summed E-state index contributed by atoms with van der Waals surface area (Å²) in [6.07, 6.45) is 3.45. The van der Waals surface area contributed by atoms with Crippen LogP contribution in [0.25, 0.3) is 0 Å². The van der Waals surface area contributed by atoms with Gasteiger partial charge in [0.2, 0.25) is 0 Å². The third kappa shape index (κ3) is 2.86. The SMILES string of the molecule is Cc1c(C)c2c(c(C)c1O)CC[C@](C)(C(=O)N[C@H]1CCCNC1)O2. The van der Waals surface area contributed by atoms with Gasteiger partial charge in [0.05, 0.1) is 0 Å². The molecule has 2 aliphatic rings. The Morgan fingerprint density at radius 1 is 1.29 bits per heavy atom. The van der Waals surface area contributed by atoms with Gasteiger partial charge in [-0.15, -0.1) is 0 Å². The first-order valence-electron chi connectivity index (χ1n) is 8.86. The lowest BCUT2D eigenvalue weighted by Crippen LogP contribution is -2.56. The predicted octanol–water partition coefficient (Wildman–Crippen LogP) is 2.27. The van der Waals surface area contributed by atoms with Gasteiger partial charge in [-0.1, -0.05) is 0 Å². The summed E-state index contributed by atoms with van der Waals surface area (Å²) < 4.78 is 6.23. The number of carbonyl (C=O) groups is 1. The lowest BCUT2D eigenvalue weighted by Gasteiger charge is -2.38. The standard InChI is InChI=1S/C19H28N2O3/c1-11-12(2)17-15(13(3)16(11)22)7-8-19(4,24-17)18(23)21-14-6-5-9-20-10-14/h14,20,22H,5-10H2,1-4H3,(H,21,23)/t14-,19+/m0/s1. The van der Waals surface area contributed by atoms with Gasteiger partial charge in [0.25, 0.3) is 5.91 Å². The molecule has 132 valence electrons. The van der Waals surface area contributed by atoms with Crippen LogP contribution in [0.15, 0.2) is 0 Å². The van der Waals surface area contributed by atoms with Crippen LogP contribution in [0, 0.1) is 20.8 Å². The van der Waals surface area contributed by atoms with Crippen LogP contribution < -0.4 is 15.4 Å². The average molecular weight is 332 g/mol. The number of phenols is 1. The van der Waals surface area contributed by atoms with Crippen molar-refractivity contribution in [3.05, 3.63) is 22.3 Å². The van der Waals surface area contributed by atoms with E-state index in [4.69, 9.17) is 4.74 Å². The van der Waals surface area contributed by atoms with Gasteiger partial charge in [-0.05, 0) is 70.2 Å². The van der Waals surface area contributed by atoms with E-state index in [1.165, 1.54) is 0 Å². The van der Waals surface area contributed by atoms with E-state index >= 15 is 0 Å². The van der Waals surface area contributed by atoms with Crippen LogP contribution in [0.2, 0.25) is 0 Å². The molecular weight excluding hydrogens is 304 g/mol. The largest absolute Gasteiger partial charge is 0.507 e. The number of carbonyl (C=O) groups excluding carboxylic acids is 1. The minimum atomic E-state index is -0.856. The number of piperidine rings is 1.